The summed E-state index contributed by atoms with van der Waals surface area (Å²) in [6.07, 6.45) is 0. The van der Waals surface area contributed by atoms with Crippen molar-refractivity contribution in [2.45, 2.75) is 13.8 Å². The SMILES string of the molecule is CC(C)CN1CCN(c2ccccc2Cl)CC1. The number of hydrogen-bond donors (Lipinski definition) is 0. The lowest BCUT2D eigenvalue weighted by atomic mass is 10.2. The van der Waals surface area contributed by atoms with E-state index < -0.39 is 0 Å². The number of benzene rings is 1. The van der Waals surface area contributed by atoms with E-state index in [1.54, 1.807) is 0 Å². The van der Waals surface area contributed by atoms with Crippen LogP contribution >= 0.6 is 11.6 Å². The molecule has 1 aromatic carbocycles. The molecule has 94 valence electrons. The maximum absolute atomic E-state index is 6.22. The van der Waals surface area contributed by atoms with Gasteiger partial charge in [0.1, 0.15) is 0 Å². The molecule has 0 aromatic heterocycles. The summed E-state index contributed by atoms with van der Waals surface area (Å²) in [7, 11) is 0. The first kappa shape index (κ1) is 12.7. The van der Waals surface area contributed by atoms with Gasteiger partial charge in [-0.3, -0.25) is 4.90 Å². The molecule has 3 heteroatoms. The highest BCUT2D eigenvalue weighted by atomic mass is 35.5. The molecule has 0 bridgehead atoms. The first-order valence-corrected chi connectivity index (χ1v) is 6.76. The van der Waals surface area contributed by atoms with E-state index in [1.807, 2.05) is 12.1 Å². The number of rotatable bonds is 3. The Kier molecular flexibility index (Phi) is 4.30. The lowest BCUT2D eigenvalue weighted by Gasteiger charge is -2.37. The van der Waals surface area contributed by atoms with Crippen LogP contribution in [0.4, 0.5) is 5.69 Å². The lowest BCUT2D eigenvalue weighted by Crippen LogP contribution is -2.47. The molecule has 1 heterocycles. The molecular weight excluding hydrogens is 232 g/mol. The Morgan fingerprint density at radius 1 is 1.12 bits per heavy atom. The van der Waals surface area contributed by atoms with Crippen molar-refractivity contribution in [1.29, 1.82) is 0 Å². The Bertz CT molecular complexity index is 357. The Hall–Kier alpha value is -0.730. The summed E-state index contributed by atoms with van der Waals surface area (Å²) in [6.45, 7) is 10.2. The molecule has 0 spiro atoms. The summed E-state index contributed by atoms with van der Waals surface area (Å²) in [4.78, 5) is 4.93. The topological polar surface area (TPSA) is 6.48 Å². The molecule has 1 aliphatic heterocycles. The fourth-order valence-electron chi connectivity index (χ4n) is 2.40. The van der Waals surface area contributed by atoms with E-state index in [0.29, 0.717) is 0 Å². The molecular formula is C14H21ClN2. The zero-order chi connectivity index (χ0) is 12.3. The number of hydrogen-bond acceptors (Lipinski definition) is 2. The summed E-state index contributed by atoms with van der Waals surface area (Å²) in [5.41, 5.74) is 1.18. The number of halogens is 1. The zero-order valence-corrected chi connectivity index (χ0v) is 11.5. The van der Waals surface area contributed by atoms with Gasteiger partial charge >= 0.3 is 0 Å². The standard InChI is InChI=1S/C14H21ClN2/c1-12(2)11-16-7-9-17(10-8-16)14-6-4-3-5-13(14)15/h3-6,12H,7-11H2,1-2H3. The van der Waals surface area contributed by atoms with Crippen molar-refractivity contribution in [2.24, 2.45) is 5.92 Å². The molecule has 0 amide bonds. The van der Waals surface area contributed by atoms with Gasteiger partial charge < -0.3 is 4.90 Å². The van der Waals surface area contributed by atoms with Crippen LogP contribution in [0.3, 0.4) is 0 Å². The third kappa shape index (κ3) is 3.36. The average Bonchev–Trinajstić information content (AvgIpc) is 2.30. The number of nitrogens with zero attached hydrogens (tertiary/aromatic N) is 2. The molecule has 1 aliphatic rings. The molecule has 1 aromatic rings. The van der Waals surface area contributed by atoms with Crippen molar-refractivity contribution in [3.63, 3.8) is 0 Å². The van der Waals surface area contributed by atoms with Crippen molar-refractivity contribution in [1.82, 2.24) is 4.90 Å². The lowest BCUT2D eigenvalue weighted by molar-refractivity contribution is 0.231. The Morgan fingerprint density at radius 3 is 2.35 bits per heavy atom. The molecule has 0 atom stereocenters. The van der Waals surface area contributed by atoms with Crippen LogP contribution in [0.1, 0.15) is 13.8 Å². The monoisotopic (exact) mass is 252 g/mol. The molecule has 0 saturated carbocycles. The predicted molar refractivity (Wildman–Crippen MR) is 74.9 cm³/mol. The molecule has 0 aliphatic carbocycles. The van der Waals surface area contributed by atoms with Crippen LogP contribution in [0.5, 0.6) is 0 Å². The second kappa shape index (κ2) is 5.74. The quantitative estimate of drug-likeness (QED) is 0.816. The van der Waals surface area contributed by atoms with E-state index in [2.05, 4.69) is 35.8 Å². The van der Waals surface area contributed by atoms with Crippen molar-refractivity contribution in [3.05, 3.63) is 29.3 Å². The second-order valence-corrected chi connectivity index (χ2v) is 5.54. The molecule has 0 unspecified atom stereocenters. The third-order valence-electron chi connectivity index (χ3n) is 3.19. The maximum Gasteiger partial charge on any atom is 0.0639 e. The van der Waals surface area contributed by atoms with Gasteiger partial charge in [0, 0.05) is 32.7 Å². The smallest absolute Gasteiger partial charge is 0.0639 e. The summed E-state index contributed by atoms with van der Waals surface area (Å²) in [5.74, 6) is 0.752. The highest BCUT2D eigenvalue weighted by molar-refractivity contribution is 6.33. The first-order chi connectivity index (χ1) is 8.16. The maximum atomic E-state index is 6.22. The zero-order valence-electron chi connectivity index (χ0n) is 10.7. The largest absolute Gasteiger partial charge is 0.368 e. The molecule has 0 N–H and O–H groups in total. The highest BCUT2D eigenvalue weighted by Crippen LogP contribution is 2.26. The molecule has 2 nitrogen and oxygen atoms in total. The number of anilines is 1. The van der Waals surface area contributed by atoms with Gasteiger partial charge in [0.25, 0.3) is 0 Å². The van der Waals surface area contributed by atoms with E-state index in [0.717, 1.165) is 37.1 Å². The van der Waals surface area contributed by atoms with Crippen LogP contribution in [0.15, 0.2) is 24.3 Å². The number of piperazine rings is 1. The number of para-hydroxylation sites is 1. The van der Waals surface area contributed by atoms with Gasteiger partial charge in [-0.2, -0.15) is 0 Å². The fraction of sp³-hybridized carbons (Fsp3) is 0.571. The summed E-state index contributed by atoms with van der Waals surface area (Å²) in [6, 6.07) is 8.13. The Balaban J connectivity index is 1.93. The van der Waals surface area contributed by atoms with Crippen molar-refractivity contribution >= 4 is 17.3 Å². The van der Waals surface area contributed by atoms with Gasteiger partial charge in [-0.15, -0.1) is 0 Å². The van der Waals surface area contributed by atoms with Crippen LogP contribution in [0.25, 0.3) is 0 Å². The minimum atomic E-state index is 0.752. The van der Waals surface area contributed by atoms with E-state index in [1.165, 1.54) is 12.2 Å². The molecule has 0 radical (unpaired) electrons. The summed E-state index contributed by atoms with van der Waals surface area (Å²) < 4.78 is 0. The van der Waals surface area contributed by atoms with Crippen LogP contribution in [-0.4, -0.2) is 37.6 Å². The average molecular weight is 253 g/mol. The van der Waals surface area contributed by atoms with Crippen molar-refractivity contribution in [2.75, 3.05) is 37.6 Å². The minimum Gasteiger partial charge on any atom is -0.368 e. The van der Waals surface area contributed by atoms with Gasteiger partial charge in [-0.1, -0.05) is 37.6 Å². The Labute approximate surface area is 109 Å². The van der Waals surface area contributed by atoms with Gasteiger partial charge in [0.2, 0.25) is 0 Å². The van der Waals surface area contributed by atoms with Crippen LogP contribution in [0, 0.1) is 5.92 Å². The van der Waals surface area contributed by atoms with Gasteiger partial charge in [0.15, 0.2) is 0 Å². The fourth-order valence-corrected chi connectivity index (χ4v) is 2.65. The normalized spacial score (nSPS) is 17.8. The summed E-state index contributed by atoms with van der Waals surface area (Å²) in [5, 5.41) is 0.866. The molecule has 1 saturated heterocycles. The van der Waals surface area contributed by atoms with Crippen molar-refractivity contribution < 1.29 is 0 Å². The molecule has 1 fully saturated rings. The first-order valence-electron chi connectivity index (χ1n) is 6.38. The van der Waals surface area contributed by atoms with E-state index >= 15 is 0 Å². The highest BCUT2D eigenvalue weighted by Gasteiger charge is 2.18. The van der Waals surface area contributed by atoms with Gasteiger partial charge in [-0.05, 0) is 18.1 Å². The second-order valence-electron chi connectivity index (χ2n) is 5.13. The van der Waals surface area contributed by atoms with Crippen LogP contribution < -0.4 is 4.90 Å². The third-order valence-corrected chi connectivity index (χ3v) is 3.51. The van der Waals surface area contributed by atoms with Crippen LogP contribution in [-0.2, 0) is 0 Å². The van der Waals surface area contributed by atoms with E-state index in [-0.39, 0.29) is 0 Å². The van der Waals surface area contributed by atoms with Gasteiger partial charge in [-0.25, -0.2) is 0 Å². The molecule has 2 rings (SSSR count). The van der Waals surface area contributed by atoms with Crippen molar-refractivity contribution in [3.8, 4) is 0 Å². The van der Waals surface area contributed by atoms with E-state index in [9.17, 15) is 0 Å². The van der Waals surface area contributed by atoms with Crippen LogP contribution in [0.2, 0.25) is 5.02 Å². The Morgan fingerprint density at radius 2 is 1.76 bits per heavy atom. The van der Waals surface area contributed by atoms with Gasteiger partial charge in [0.05, 0.1) is 10.7 Å². The molecule has 17 heavy (non-hydrogen) atoms. The summed E-state index contributed by atoms with van der Waals surface area (Å²) >= 11 is 6.22. The minimum absolute atomic E-state index is 0.752. The predicted octanol–water partition coefficient (Wildman–Crippen LogP) is 3.12. The van der Waals surface area contributed by atoms with E-state index in [4.69, 9.17) is 11.6 Å².